The molecule has 8 heteroatoms. The fourth-order valence-electron chi connectivity index (χ4n) is 3.32. The predicted octanol–water partition coefficient (Wildman–Crippen LogP) is 0.796. The van der Waals surface area contributed by atoms with Crippen molar-refractivity contribution in [3.05, 3.63) is 58.0 Å². The van der Waals surface area contributed by atoms with Crippen molar-refractivity contribution in [2.75, 3.05) is 33.4 Å². The van der Waals surface area contributed by atoms with Gasteiger partial charge in [0.15, 0.2) is 6.04 Å². The Morgan fingerprint density at radius 2 is 2.04 bits per heavy atom. The van der Waals surface area contributed by atoms with Crippen LogP contribution in [0.3, 0.4) is 0 Å². The molecule has 136 valence electrons. The molecule has 4 rings (SSSR count). The number of tetrazole rings is 1. The highest BCUT2D eigenvalue weighted by Gasteiger charge is 2.33. The summed E-state index contributed by atoms with van der Waals surface area (Å²) in [5.74, 6) is 1.75. The van der Waals surface area contributed by atoms with Gasteiger partial charge in [-0.3, -0.25) is 0 Å². The molecule has 1 aromatic carbocycles. The number of hydrogen-bond donors (Lipinski definition) is 1. The van der Waals surface area contributed by atoms with E-state index in [0.29, 0.717) is 6.54 Å². The highest BCUT2D eigenvalue weighted by Crippen LogP contribution is 2.23. The standard InChI is InChI=1S/C18H21N5O2S/c1-24-15-6-4-14(5-7-15)13-23-18(19-20-21-23)17(16-3-2-12-26-16)22-8-10-25-11-9-22/h2-7,12,17H,8-11,13H2,1H3/p+1/t17-/m1/s1. The summed E-state index contributed by atoms with van der Waals surface area (Å²) in [7, 11) is 1.67. The topological polar surface area (TPSA) is 66.5 Å². The van der Waals surface area contributed by atoms with Crippen LogP contribution in [0.25, 0.3) is 0 Å². The lowest BCUT2D eigenvalue weighted by molar-refractivity contribution is -0.933. The molecule has 3 aromatic rings. The Morgan fingerprint density at radius 3 is 2.73 bits per heavy atom. The molecule has 1 saturated heterocycles. The molecule has 2 aromatic heterocycles. The Morgan fingerprint density at radius 1 is 1.23 bits per heavy atom. The summed E-state index contributed by atoms with van der Waals surface area (Å²) in [6, 6.07) is 12.4. The van der Waals surface area contributed by atoms with Gasteiger partial charge in [-0.2, -0.15) is 0 Å². The molecular formula is C18H22N5O2S+. The van der Waals surface area contributed by atoms with Crippen molar-refractivity contribution in [1.82, 2.24) is 20.2 Å². The third kappa shape index (κ3) is 3.62. The van der Waals surface area contributed by atoms with E-state index in [-0.39, 0.29) is 6.04 Å². The number of aromatic nitrogens is 4. The van der Waals surface area contributed by atoms with Crippen molar-refractivity contribution in [3.63, 3.8) is 0 Å². The number of methoxy groups -OCH3 is 1. The van der Waals surface area contributed by atoms with Crippen LogP contribution in [-0.4, -0.2) is 53.6 Å². The molecule has 0 bridgehead atoms. The van der Waals surface area contributed by atoms with E-state index in [1.54, 1.807) is 18.4 Å². The van der Waals surface area contributed by atoms with Gasteiger partial charge in [-0.05, 0) is 39.6 Å². The zero-order chi connectivity index (χ0) is 17.8. The Balaban J connectivity index is 1.63. The number of thiophene rings is 1. The van der Waals surface area contributed by atoms with E-state index in [0.717, 1.165) is 43.4 Å². The van der Waals surface area contributed by atoms with Crippen LogP contribution < -0.4 is 9.64 Å². The van der Waals surface area contributed by atoms with E-state index in [4.69, 9.17) is 9.47 Å². The van der Waals surface area contributed by atoms with Crippen LogP contribution in [0.5, 0.6) is 5.75 Å². The van der Waals surface area contributed by atoms with Crippen molar-refractivity contribution in [2.24, 2.45) is 0 Å². The minimum Gasteiger partial charge on any atom is -0.497 e. The number of hydrogen-bond acceptors (Lipinski definition) is 6. The molecule has 0 unspecified atom stereocenters. The van der Waals surface area contributed by atoms with Gasteiger partial charge in [-0.1, -0.05) is 18.2 Å². The van der Waals surface area contributed by atoms with Gasteiger partial charge < -0.3 is 14.4 Å². The second-order valence-corrected chi connectivity index (χ2v) is 7.24. The largest absolute Gasteiger partial charge is 0.497 e. The number of ether oxygens (including phenoxy) is 2. The Kier molecular flexibility index (Phi) is 5.24. The molecule has 1 N–H and O–H groups in total. The SMILES string of the molecule is COc1ccc(Cn2nnnc2[C@@H](c2cccs2)[NH+]2CCOCC2)cc1. The number of quaternary nitrogens is 1. The highest BCUT2D eigenvalue weighted by atomic mass is 32.1. The average molecular weight is 372 g/mol. The lowest BCUT2D eigenvalue weighted by Crippen LogP contribution is -3.14. The van der Waals surface area contributed by atoms with Gasteiger partial charge in [-0.15, -0.1) is 16.4 Å². The molecule has 3 heterocycles. The van der Waals surface area contributed by atoms with Crippen LogP contribution in [0.1, 0.15) is 22.3 Å². The van der Waals surface area contributed by atoms with Crippen molar-refractivity contribution >= 4 is 11.3 Å². The number of morpholine rings is 1. The molecule has 1 atom stereocenters. The van der Waals surface area contributed by atoms with Gasteiger partial charge >= 0.3 is 0 Å². The van der Waals surface area contributed by atoms with E-state index in [2.05, 4.69) is 33.0 Å². The molecule has 1 fully saturated rings. The molecule has 1 aliphatic rings. The third-order valence-corrected chi connectivity index (χ3v) is 5.62. The van der Waals surface area contributed by atoms with Gasteiger partial charge in [0.25, 0.3) is 0 Å². The normalized spacial score (nSPS) is 16.5. The second kappa shape index (κ2) is 7.94. The Labute approximate surface area is 156 Å². The number of nitrogens with zero attached hydrogens (tertiary/aromatic N) is 4. The lowest BCUT2D eigenvalue weighted by Gasteiger charge is -2.30. The molecule has 7 nitrogen and oxygen atoms in total. The van der Waals surface area contributed by atoms with Crippen molar-refractivity contribution < 1.29 is 14.4 Å². The first-order valence-electron chi connectivity index (χ1n) is 8.70. The summed E-state index contributed by atoms with van der Waals surface area (Å²) in [6.07, 6.45) is 0. The molecular weight excluding hydrogens is 350 g/mol. The Bertz CT molecular complexity index is 812. The van der Waals surface area contributed by atoms with Crippen LogP contribution in [-0.2, 0) is 11.3 Å². The van der Waals surface area contributed by atoms with Gasteiger partial charge in [0.2, 0.25) is 5.82 Å². The number of benzene rings is 1. The molecule has 0 saturated carbocycles. The quantitative estimate of drug-likeness (QED) is 0.693. The van der Waals surface area contributed by atoms with Gasteiger partial charge in [-0.25, -0.2) is 4.68 Å². The van der Waals surface area contributed by atoms with Gasteiger partial charge in [0.05, 0.1) is 31.7 Å². The first-order chi connectivity index (χ1) is 12.8. The van der Waals surface area contributed by atoms with E-state index >= 15 is 0 Å². The average Bonchev–Trinajstić information content (AvgIpc) is 3.37. The van der Waals surface area contributed by atoms with E-state index in [1.807, 2.05) is 28.9 Å². The first-order valence-corrected chi connectivity index (χ1v) is 9.58. The summed E-state index contributed by atoms with van der Waals surface area (Å²) in [6.45, 7) is 4.10. The van der Waals surface area contributed by atoms with Crippen molar-refractivity contribution in [1.29, 1.82) is 0 Å². The fraction of sp³-hybridized carbons (Fsp3) is 0.389. The summed E-state index contributed by atoms with van der Waals surface area (Å²) in [5.41, 5.74) is 1.14. The monoisotopic (exact) mass is 372 g/mol. The number of rotatable bonds is 6. The summed E-state index contributed by atoms with van der Waals surface area (Å²) < 4.78 is 12.7. The zero-order valence-corrected chi connectivity index (χ0v) is 15.5. The lowest BCUT2D eigenvalue weighted by atomic mass is 10.1. The van der Waals surface area contributed by atoms with E-state index < -0.39 is 0 Å². The van der Waals surface area contributed by atoms with Crippen molar-refractivity contribution in [3.8, 4) is 5.75 Å². The zero-order valence-electron chi connectivity index (χ0n) is 14.7. The highest BCUT2D eigenvalue weighted by molar-refractivity contribution is 7.10. The maximum Gasteiger partial charge on any atom is 0.215 e. The predicted molar refractivity (Wildman–Crippen MR) is 97.6 cm³/mol. The van der Waals surface area contributed by atoms with Crippen LogP contribution >= 0.6 is 11.3 Å². The Hall–Kier alpha value is -2.29. The van der Waals surface area contributed by atoms with Crippen LogP contribution in [0.2, 0.25) is 0 Å². The van der Waals surface area contributed by atoms with E-state index in [9.17, 15) is 0 Å². The van der Waals surface area contributed by atoms with E-state index in [1.165, 1.54) is 9.78 Å². The minimum atomic E-state index is 0.132. The number of nitrogens with one attached hydrogen (secondary N) is 1. The molecule has 1 aliphatic heterocycles. The molecule has 0 spiro atoms. The summed E-state index contributed by atoms with van der Waals surface area (Å²) in [5, 5.41) is 14.8. The maximum absolute atomic E-state index is 5.54. The molecule has 0 amide bonds. The summed E-state index contributed by atoms with van der Waals surface area (Å²) >= 11 is 1.76. The van der Waals surface area contributed by atoms with Gasteiger partial charge in [0.1, 0.15) is 18.8 Å². The second-order valence-electron chi connectivity index (χ2n) is 6.26. The van der Waals surface area contributed by atoms with Crippen molar-refractivity contribution in [2.45, 2.75) is 12.6 Å². The minimum absolute atomic E-state index is 0.132. The van der Waals surface area contributed by atoms with Crippen LogP contribution in [0.4, 0.5) is 0 Å². The molecule has 26 heavy (non-hydrogen) atoms. The fourth-order valence-corrected chi connectivity index (χ4v) is 4.20. The smallest absolute Gasteiger partial charge is 0.215 e. The molecule has 0 aliphatic carbocycles. The van der Waals surface area contributed by atoms with Crippen LogP contribution in [0.15, 0.2) is 41.8 Å². The third-order valence-electron chi connectivity index (χ3n) is 4.68. The van der Waals surface area contributed by atoms with Gasteiger partial charge in [0, 0.05) is 0 Å². The first kappa shape index (κ1) is 17.1. The van der Waals surface area contributed by atoms with Crippen LogP contribution in [0, 0.1) is 0 Å². The maximum atomic E-state index is 5.54. The summed E-state index contributed by atoms with van der Waals surface area (Å²) in [4.78, 5) is 2.73. The molecule has 0 radical (unpaired) electrons.